The van der Waals surface area contributed by atoms with Crippen LogP contribution < -0.4 is 0 Å². The number of hydrogen-bond acceptors (Lipinski definition) is 2. The Hall–Kier alpha value is -1.78. The van der Waals surface area contributed by atoms with E-state index >= 15 is 0 Å². The summed E-state index contributed by atoms with van der Waals surface area (Å²) in [4.78, 5) is 17.6. The standard InChI is InChI=1S/C24H32ClN3O/c1-26(2)14-15-28-17-22(21-9-8-20(25)16-23(21)28)24(29)27-12-10-19(11-13-27)18-6-4-3-5-7-18/h4,6,8-9,16-19H,3,5,7,10-15H2,1-2H3. The molecule has 1 fully saturated rings. The van der Waals surface area contributed by atoms with Crippen molar-refractivity contribution in [3.8, 4) is 0 Å². The lowest BCUT2D eigenvalue weighted by molar-refractivity contribution is 0.0668. The summed E-state index contributed by atoms with van der Waals surface area (Å²) in [5.74, 6) is 1.62. The quantitative estimate of drug-likeness (QED) is 0.640. The minimum Gasteiger partial charge on any atom is -0.345 e. The Kier molecular flexibility index (Phi) is 6.31. The molecule has 2 aliphatic rings. The van der Waals surface area contributed by atoms with Crippen molar-refractivity contribution in [2.24, 2.45) is 11.8 Å². The zero-order valence-corrected chi connectivity index (χ0v) is 18.4. The summed E-state index contributed by atoms with van der Waals surface area (Å²) >= 11 is 6.26. The number of hydrogen-bond donors (Lipinski definition) is 0. The number of halogens is 1. The topological polar surface area (TPSA) is 28.5 Å². The fraction of sp³-hybridized carbons (Fsp3) is 0.542. The van der Waals surface area contributed by atoms with Crippen molar-refractivity contribution in [3.63, 3.8) is 0 Å². The third-order valence-electron chi connectivity index (χ3n) is 6.59. The van der Waals surface area contributed by atoms with Gasteiger partial charge in [0.15, 0.2) is 0 Å². The molecule has 29 heavy (non-hydrogen) atoms. The number of aromatic nitrogens is 1. The van der Waals surface area contributed by atoms with Crippen molar-refractivity contribution in [2.75, 3.05) is 33.7 Å². The first-order valence-corrected chi connectivity index (χ1v) is 11.3. The van der Waals surface area contributed by atoms with Gasteiger partial charge in [0, 0.05) is 42.8 Å². The van der Waals surface area contributed by atoms with Crippen LogP contribution in [0.2, 0.25) is 5.02 Å². The molecule has 4 rings (SSSR count). The molecule has 4 nitrogen and oxygen atoms in total. The van der Waals surface area contributed by atoms with Crippen molar-refractivity contribution in [1.29, 1.82) is 0 Å². The van der Waals surface area contributed by atoms with Crippen LogP contribution in [0, 0.1) is 11.8 Å². The summed E-state index contributed by atoms with van der Waals surface area (Å²) in [6.45, 7) is 3.50. The highest BCUT2D eigenvalue weighted by atomic mass is 35.5. The predicted molar refractivity (Wildman–Crippen MR) is 121 cm³/mol. The molecule has 156 valence electrons. The van der Waals surface area contributed by atoms with E-state index in [1.165, 1.54) is 19.3 Å². The highest BCUT2D eigenvalue weighted by molar-refractivity contribution is 6.31. The Morgan fingerprint density at radius 2 is 2.00 bits per heavy atom. The van der Waals surface area contributed by atoms with Gasteiger partial charge >= 0.3 is 0 Å². The van der Waals surface area contributed by atoms with Gasteiger partial charge in [0.1, 0.15) is 0 Å². The third-order valence-corrected chi connectivity index (χ3v) is 6.82. The largest absolute Gasteiger partial charge is 0.345 e. The number of carbonyl (C=O) groups excluding carboxylic acids is 1. The average molecular weight is 414 g/mol. The van der Waals surface area contributed by atoms with E-state index in [1.54, 1.807) is 0 Å². The van der Waals surface area contributed by atoms with Gasteiger partial charge in [-0.15, -0.1) is 0 Å². The average Bonchev–Trinajstić information content (AvgIpc) is 3.10. The van der Waals surface area contributed by atoms with Crippen LogP contribution in [0.3, 0.4) is 0 Å². The normalized spacial score (nSPS) is 20.7. The number of rotatable bonds is 5. The van der Waals surface area contributed by atoms with Crippen LogP contribution in [0.25, 0.3) is 10.9 Å². The van der Waals surface area contributed by atoms with Crippen molar-refractivity contribution < 1.29 is 4.79 Å². The summed E-state index contributed by atoms with van der Waals surface area (Å²) in [7, 11) is 4.13. The SMILES string of the molecule is CN(C)CCn1cc(C(=O)N2CCC(C3C=CCCC3)CC2)c2ccc(Cl)cc21. The number of allylic oxidation sites excluding steroid dienone is 2. The highest BCUT2D eigenvalue weighted by Gasteiger charge is 2.29. The fourth-order valence-electron chi connectivity index (χ4n) is 4.86. The number of likely N-dealkylation sites (tertiary alicyclic amines) is 1. The van der Waals surface area contributed by atoms with Crippen LogP contribution in [0.5, 0.6) is 0 Å². The molecule has 1 unspecified atom stereocenters. The molecule has 1 aromatic heterocycles. The Morgan fingerprint density at radius 1 is 1.21 bits per heavy atom. The Morgan fingerprint density at radius 3 is 2.69 bits per heavy atom. The number of likely N-dealkylation sites (N-methyl/N-ethyl adjacent to an activating group) is 1. The second-order valence-electron chi connectivity index (χ2n) is 8.85. The first-order valence-electron chi connectivity index (χ1n) is 10.9. The summed E-state index contributed by atoms with van der Waals surface area (Å²) < 4.78 is 2.17. The van der Waals surface area contributed by atoms with Crippen molar-refractivity contribution in [2.45, 2.75) is 38.6 Å². The van der Waals surface area contributed by atoms with Gasteiger partial charge in [-0.3, -0.25) is 4.79 Å². The maximum atomic E-state index is 13.4. The molecule has 5 heteroatoms. The van der Waals surface area contributed by atoms with Gasteiger partial charge in [0.25, 0.3) is 5.91 Å². The molecule has 0 saturated carbocycles. The number of fused-ring (bicyclic) bond motifs is 1. The molecule has 1 aliphatic carbocycles. The number of piperidine rings is 1. The molecule has 1 amide bonds. The summed E-state index contributed by atoms with van der Waals surface area (Å²) in [5.41, 5.74) is 1.86. The Balaban J connectivity index is 1.51. The van der Waals surface area contributed by atoms with Crippen molar-refractivity contribution in [3.05, 3.63) is 47.1 Å². The van der Waals surface area contributed by atoms with Crippen molar-refractivity contribution in [1.82, 2.24) is 14.4 Å². The smallest absolute Gasteiger partial charge is 0.256 e. The minimum atomic E-state index is 0.165. The number of benzene rings is 1. The van der Waals surface area contributed by atoms with E-state index in [0.717, 1.165) is 67.3 Å². The molecular weight excluding hydrogens is 382 g/mol. The van der Waals surface area contributed by atoms with Gasteiger partial charge in [-0.2, -0.15) is 0 Å². The van der Waals surface area contributed by atoms with E-state index in [4.69, 9.17) is 11.6 Å². The molecular formula is C24H32ClN3O. The molecule has 2 aromatic rings. The van der Waals surface area contributed by atoms with Gasteiger partial charge in [-0.05, 0) is 70.2 Å². The number of nitrogens with zero attached hydrogens (tertiary/aromatic N) is 3. The van der Waals surface area contributed by atoms with Gasteiger partial charge in [-0.25, -0.2) is 0 Å². The van der Waals surface area contributed by atoms with E-state index in [2.05, 4.69) is 40.6 Å². The maximum Gasteiger partial charge on any atom is 0.256 e. The van der Waals surface area contributed by atoms with Crippen LogP contribution in [0.1, 0.15) is 42.5 Å². The summed E-state index contributed by atoms with van der Waals surface area (Å²) in [6, 6.07) is 5.86. The summed E-state index contributed by atoms with van der Waals surface area (Å²) in [6.07, 6.45) is 12.9. The molecule has 0 radical (unpaired) electrons. The maximum absolute atomic E-state index is 13.4. The highest BCUT2D eigenvalue weighted by Crippen LogP contribution is 2.33. The Labute approximate surface area is 179 Å². The second-order valence-corrected chi connectivity index (χ2v) is 9.29. The lowest BCUT2D eigenvalue weighted by Gasteiger charge is -2.36. The molecule has 0 bridgehead atoms. The van der Waals surface area contributed by atoms with Crippen LogP contribution in [-0.4, -0.2) is 54.0 Å². The number of amides is 1. The molecule has 1 aromatic carbocycles. The van der Waals surface area contributed by atoms with Gasteiger partial charge < -0.3 is 14.4 Å². The summed E-state index contributed by atoms with van der Waals surface area (Å²) in [5, 5.41) is 1.72. The van der Waals surface area contributed by atoms with E-state index in [9.17, 15) is 4.79 Å². The lowest BCUT2D eigenvalue weighted by atomic mass is 9.79. The van der Waals surface area contributed by atoms with Crippen LogP contribution >= 0.6 is 11.6 Å². The fourth-order valence-corrected chi connectivity index (χ4v) is 5.03. The van der Waals surface area contributed by atoms with E-state index in [0.29, 0.717) is 5.02 Å². The predicted octanol–water partition coefficient (Wildman–Crippen LogP) is 5.06. The monoisotopic (exact) mass is 413 g/mol. The van der Waals surface area contributed by atoms with Gasteiger partial charge in [0.05, 0.1) is 11.1 Å². The minimum absolute atomic E-state index is 0.165. The third kappa shape index (κ3) is 4.54. The van der Waals surface area contributed by atoms with E-state index in [1.807, 2.05) is 24.4 Å². The van der Waals surface area contributed by atoms with Crippen LogP contribution in [0.15, 0.2) is 36.5 Å². The zero-order chi connectivity index (χ0) is 20.4. The van der Waals surface area contributed by atoms with E-state index in [-0.39, 0.29) is 5.91 Å². The van der Waals surface area contributed by atoms with Crippen LogP contribution in [-0.2, 0) is 6.54 Å². The number of carbonyl (C=O) groups is 1. The van der Waals surface area contributed by atoms with Crippen molar-refractivity contribution >= 4 is 28.4 Å². The van der Waals surface area contributed by atoms with E-state index < -0.39 is 0 Å². The molecule has 1 aliphatic heterocycles. The van der Waals surface area contributed by atoms with Gasteiger partial charge in [0.2, 0.25) is 0 Å². The first-order chi connectivity index (χ1) is 14.0. The Bertz CT molecular complexity index is 893. The molecule has 1 atom stereocenters. The zero-order valence-electron chi connectivity index (χ0n) is 17.6. The van der Waals surface area contributed by atoms with Gasteiger partial charge in [-0.1, -0.05) is 29.8 Å². The molecule has 0 N–H and O–H groups in total. The molecule has 2 heterocycles. The van der Waals surface area contributed by atoms with Crippen LogP contribution in [0.4, 0.5) is 0 Å². The second kappa shape index (κ2) is 8.93. The first kappa shape index (κ1) is 20.5. The molecule has 1 saturated heterocycles. The molecule has 0 spiro atoms. The lowest BCUT2D eigenvalue weighted by Crippen LogP contribution is -2.40.